The van der Waals surface area contributed by atoms with Crippen molar-refractivity contribution in [3.8, 4) is 0 Å². The minimum absolute atomic E-state index is 0.00423. The van der Waals surface area contributed by atoms with E-state index in [0.29, 0.717) is 31.6 Å². The smallest absolute Gasteiger partial charge is 0.348 e. The van der Waals surface area contributed by atoms with E-state index in [9.17, 15) is 9.59 Å². The quantitative estimate of drug-likeness (QED) is 0.418. The molecule has 3 unspecified atom stereocenters. The van der Waals surface area contributed by atoms with Crippen molar-refractivity contribution < 1.29 is 19.1 Å². The molecule has 1 aromatic rings. The summed E-state index contributed by atoms with van der Waals surface area (Å²) < 4.78 is 11.7. The molecule has 7 heteroatoms. The molecule has 1 amide bonds. The van der Waals surface area contributed by atoms with E-state index < -0.39 is 0 Å². The third-order valence-corrected chi connectivity index (χ3v) is 8.90. The number of ether oxygens (including phenoxy) is 2. The van der Waals surface area contributed by atoms with Crippen LogP contribution in [-0.4, -0.2) is 50.2 Å². The van der Waals surface area contributed by atoms with Crippen LogP contribution in [0.2, 0.25) is 0 Å². The molecule has 0 N–H and O–H groups in total. The lowest BCUT2D eigenvalue weighted by Crippen LogP contribution is -2.47. The molecule has 0 bridgehead atoms. The van der Waals surface area contributed by atoms with E-state index in [1.54, 1.807) is 0 Å². The first-order chi connectivity index (χ1) is 14.1. The number of halogens is 1. The van der Waals surface area contributed by atoms with Crippen molar-refractivity contribution in [2.75, 3.05) is 33.4 Å². The Morgan fingerprint density at radius 3 is 2.69 bits per heavy atom. The predicted molar refractivity (Wildman–Crippen MR) is 121 cm³/mol. The van der Waals surface area contributed by atoms with E-state index in [1.807, 2.05) is 0 Å². The normalized spacial score (nSPS) is 28.5. The first-order valence-electron chi connectivity index (χ1n) is 10.8. The number of carbonyl (C=O) groups excluding carboxylic acids is 2. The van der Waals surface area contributed by atoms with E-state index in [-0.39, 0.29) is 23.7 Å². The average molecular weight is 531 g/mol. The van der Waals surface area contributed by atoms with Crippen LogP contribution in [-0.2, 0) is 14.3 Å². The van der Waals surface area contributed by atoms with Gasteiger partial charge in [-0.05, 0) is 58.9 Å². The largest absolute Gasteiger partial charge is 0.465 e. The summed E-state index contributed by atoms with van der Waals surface area (Å²) in [6.45, 7) is 2.79. The summed E-state index contributed by atoms with van der Waals surface area (Å²) in [5.74, 6) is 1.44. The molecule has 0 radical (unpaired) electrons. The lowest BCUT2D eigenvalue weighted by molar-refractivity contribution is -0.137. The molecule has 3 heterocycles. The third-order valence-electron chi connectivity index (χ3n) is 7.01. The molecule has 0 aromatic carbocycles. The summed E-state index contributed by atoms with van der Waals surface area (Å²) in [4.78, 5) is 28.4. The minimum Gasteiger partial charge on any atom is -0.465 e. The van der Waals surface area contributed by atoms with Crippen LogP contribution < -0.4 is 0 Å². The molecule has 0 spiro atoms. The van der Waals surface area contributed by atoms with Crippen molar-refractivity contribution in [3.63, 3.8) is 0 Å². The van der Waals surface area contributed by atoms with Gasteiger partial charge in [0.25, 0.3) is 0 Å². The number of methoxy groups -OCH3 is 1. The summed E-state index contributed by atoms with van der Waals surface area (Å²) in [6.07, 6.45) is 8.37. The molecule has 5 nitrogen and oxygen atoms in total. The Bertz CT molecular complexity index is 739. The van der Waals surface area contributed by atoms with E-state index in [2.05, 4.69) is 33.6 Å². The number of hydrogen-bond donors (Lipinski definition) is 0. The summed E-state index contributed by atoms with van der Waals surface area (Å²) in [7, 11) is 1.45. The summed E-state index contributed by atoms with van der Waals surface area (Å²) in [5, 5.41) is 0. The molecule has 2 aliphatic heterocycles. The molecule has 3 fully saturated rings. The standard InChI is InChI=1S/C22H30INO4S/c1-27-22(26)20-17(11-19(23)29-20)18-12-24(21(25)15-8-10-28-13-15)9-7-16(18)14-5-3-2-4-6-14/h11,14-16,18H,2-10,12-13H2,1H3. The van der Waals surface area contributed by atoms with Crippen LogP contribution in [0.3, 0.4) is 0 Å². The van der Waals surface area contributed by atoms with Gasteiger partial charge >= 0.3 is 5.97 Å². The monoisotopic (exact) mass is 531 g/mol. The number of likely N-dealkylation sites (tertiary alicyclic amines) is 1. The Kier molecular flexibility index (Phi) is 7.17. The van der Waals surface area contributed by atoms with Crippen molar-refractivity contribution in [3.05, 3.63) is 19.4 Å². The van der Waals surface area contributed by atoms with E-state index in [0.717, 1.165) is 32.7 Å². The molecule has 160 valence electrons. The zero-order valence-electron chi connectivity index (χ0n) is 17.0. The second kappa shape index (κ2) is 9.64. The van der Waals surface area contributed by atoms with Gasteiger partial charge in [0.2, 0.25) is 5.91 Å². The molecule has 1 saturated carbocycles. The van der Waals surface area contributed by atoms with Gasteiger partial charge in [0.15, 0.2) is 0 Å². The number of rotatable bonds is 4. The van der Waals surface area contributed by atoms with Gasteiger partial charge in [0, 0.05) is 25.6 Å². The zero-order valence-corrected chi connectivity index (χ0v) is 20.0. The Morgan fingerprint density at radius 2 is 2.00 bits per heavy atom. The lowest BCUT2D eigenvalue weighted by Gasteiger charge is -2.44. The number of piperidine rings is 1. The van der Waals surface area contributed by atoms with Crippen LogP contribution in [0.1, 0.15) is 66.1 Å². The molecule has 4 rings (SSSR count). The summed E-state index contributed by atoms with van der Waals surface area (Å²) in [6, 6.07) is 2.16. The fourth-order valence-corrected chi connectivity index (χ4v) is 7.39. The molecule has 3 aliphatic rings. The average Bonchev–Trinajstić information content (AvgIpc) is 3.43. The first kappa shape index (κ1) is 21.6. The maximum atomic E-state index is 13.1. The number of hydrogen-bond acceptors (Lipinski definition) is 5. The van der Waals surface area contributed by atoms with Gasteiger partial charge in [-0.2, -0.15) is 0 Å². The van der Waals surface area contributed by atoms with Crippen LogP contribution in [0.15, 0.2) is 6.07 Å². The topological polar surface area (TPSA) is 55.8 Å². The van der Waals surface area contributed by atoms with Gasteiger partial charge in [0.05, 0.1) is 22.5 Å². The van der Waals surface area contributed by atoms with Crippen LogP contribution in [0, 0.1) is 20.6 Å². The van der Waals surface area contributed by atoms with Crippen molar-refractivity contribution >= 4 is 45.8 Å². The highest BCUT2D eigenvalue weighted by Gasteiger charge is 2.41. The Hall–Kier alpha value is -0.670. The second-order valence-corrected chi connectivity index (χ2v) is 11.6. The number of amides is 1. The summed E-state index contributed by atoms with van der Waals surface area (Å²) >= 11 is 3.81. The molecule has 1 aromatic heterocycles. The Morgan fingerprint density at radius 1 is 1.21 bits per heavy atom. The number of thiophene rings is 1. The van der Waals surface area contributed by atoms with E-state index in [4.69, 9.17) is 9.47 Å². The van der Waals surface area contributed by atoms with Gasteiger partial charge < -0.3 is 14.4 Å². The van der Waals surface area contributed by atoms with Crippen molar-refractivity contribution in [1.82, 2.24) is 4.90 Å². The second-order valence-electron chi connectivity index (χ2n) is 8.63. The van der Waals surface area contributed by atoms with Crippen molar-refractivity contribution in [2.45, 2.75) is 50.9 Å². The molecular formula is C22H30INO4S. The van der Waals surface area contributed by atoms with Crippen LogP contribution >= 0.6 is 33.9 Å². The third kappa shape index (κ3) is 4.66. The van der Waals surface area contributed by atoms with Crippen molar-refractivity contribution in [2.24, 2.45) is 17.8 Å². The summed E-state index contributed by atoms with van der Waals surface area (Å²) in [5.41, 5.74) is 1.10. The molecule has 3 atom stereocenters. The zero-order chi connectivity index (χ0) is 20.4. The highest BCUT2D eigenvalue weighted by molar-refractivity contribution is 14.1. The Labute approximate surface area is 190 Å². The number of carbonyl (C=O) groups is 2. The van der Waals surface area contributed by atoms with Gasteiger partial charge in [-0.15, -0.1) is 11.3 Å². The Balaban J connectivity index is 1.62. The van der Waals surface area contributed by atoms with E-state index in [1.165, 1.54) is 50.6 Å². The van der Waals surface area contributed by atoms with Gasteiger partial charge in [0.1, 0.15) is 4.88 Å². The molecule has 29 heavy (non-hydrogen) atoms. The maximum absolute atomic E-state index is 13.1. The van der Waals surface area contributed by atoms with Crippen LogP contribution in [0.5, 0.6) is 0 Å². The van der Waals surface area contributed by atoms with Gasteiger partial charge in [-0.25, -0.2) is 4.79 Å². The number of esters is 1. The van der Waals surface area contributed by atoms with Crippen molar-refractivity contribution in [1.29, 1.82) is 0 Å². The molecule has 1 aliphatic carbocycles. The maximum Gasteiger partial charge on any atom is 0.348 e. The molecule has 2 saturated heterocycles. The predicted octanol–water partition coefficient (Wildman–Crippen LogP) is 4.69. The van der Waals surface area contributed by atoms with Crippen LogP contribution in [0.25, 0.3) is 0 Å². The first-order valence-corrected chi connectivity index (χ1v) is 12.7. The highest BCUT2D eigenvalue weighted by Crippen LogP contribution is 2.45. The fourth-order valence-electron chi connectivity index (χ4n) is 5.51. The van der Waals surface area contributed by atoms with Gasteiger partial charge in [-0.3, -0.25) is 4.79 Å². The number of nitrogens with zero attached hydrogens (tertiary/aromatic N) is 1. The minimum atomic E-state index is -0.247. The van der Waals surface area contributed by atoms with E-state index >= 15 is 0 Å². The lowest BCUT2D eigenvalue weighted by atomic mass is 9.69. The highest BCUT2D eigenvalue weighted by atomic mass is 127. The van der Waals surface area contributed by atoms with Gasteiger partial charge in [-0.1, -0.05) is 32.1 Å². The SMILES string of the molecule is COC(=O)c1sc(I)cc1C1CN(C(=O)C2CCOC2)CCC1C1CCCCC1. The fraction of sp³-hybridized carbons (Fsp3) is 0.727. The molecular weight excluding hydrogens is 501 g/mol. The van der Waals surface area contributed by atoms with Crippen LogP contribution in [0.4, 0.5) is 0 Å².